The van der Waals surface area contributed by atoms with Crippen LogP contribution in [0.4, 0.5) is 11.4 Å². The van der Waals surface area contributed by atoms with Gasteiger partial charge in [-0.05, 0) is 43.3 Å². The minimum absolute atomic E-state index is 0.0858. The van der Waals surface area contributed by atoms with Crippen molar-refractivity contribution in [3.05, 3.63) is 90.0 Å². The van der Waals surface area contributed by atoms with Crippen LogP contribution in [0.3, 0.4) is 0 Å². The molecular weight excluding hydrogens is 466 g/mol. The Balaban J connectivity index is 1.59. The Kier molecular flexibility index (Phi) is 7.48. The molecule has 3 aromatic rings. The molecule has 9 heteroatoms. The zero-order valence-corrected chi connectivity index (χ0v) is 20.2. The van der Waals surface area contributed by atoms with Crippen LogP contribution in [0.5, 0.6) is 0 Å². The van der Waals surface area contributed by atoms with Crippen molar-refractivity contribution in [2.45, 2.75) is 11.8 Å². The number of morpholine rings is 1. The van der Waals surface area contributed by atoms with Crippen LogP contribution < -0.4 is 9.62 Å². The summed E-state index contributed by atoms with van der Waals surface area (Å²) in [6.45, 7) is 3.27. The lowest BCUT2D eigenvalue weighted by molar-refractivity contribution is -0.114. The minimum atomic E-state index is -4.02. The molecule has 1 fully saturated rings. The summed E-state index contributed by atoms with van der Waals surface area (Å²) in [5, 5.41) is 2.74. The largest absolute Gasteiger partial charge is 0.378 e. The van der Waals surface area contributed by atoms with Crippen molar-refractivity contribution >= 4 is 33.2 Å². The fraction of sp³-hybridized carbons (Fsp3) is 0.231. The maximum absolute atomic E-state index is 13.5. The summed E-state index contributed by atoms with van der Waals surface area (Å²) in [5.74, 6) is -0.775. The summed E-state index contributed by atoms with van der Waals surface area (Å²) >= 11 is 0. The number of hydrogen-bond donors (Lipinski definition) is 1. The molecule has 4 rings (SSSR count). The van der Waals surface area contributed by atoms with E-state index in [2.05, 4.69) is 5.32 Å². The molecule has 0 aromatic heterocycles. The zero-order chi connectivity index (χ0) is 24.8. The van der Waals surface area contributed by atoms with Gasteiger partial charge in [0, 0.05) is 13.1 Å². The second-order valence-electron chi connectivity index (χ2n) is 8.16. The van der Waals surface area contributed by atoms with Crippen LogP contribution in [-0.4, -0.2) is 58.0 Å². The first-order valence-corrected chi connectivity index (χ1v) is 12.7. The molecule has 1 heterocycles. The summed E-state index contributed by atoms with van der Waals surface area (Å²) < 4.78 is 33.4. The summed E-state index contributed by atoms with van der Waals surface area (Å²) in [5.41, 5.74) is 1.96. The average Bonchev–Trinajstić information content (AvgIpc) is 2.88. The molecule has 182 valence electrons. The van der Waals surface area contributed by atoms with Crippen molar-refractivity contribution in [2.75, 3.05) is 42.5 Å². The third kappa shape index (κ3) is 5.70. The highest BCUT2D eigenvalue weighted by molar-refractivity contribution is 7.92. The lowest BCUT2D eigenvalue weighted by atomic mass is 10.1. The smallest absolute Gasteiger partial charge is 0.264 e. The maximum atomic E-state index is 13.5. The molecule has 3 aromatic carbocycles. The van der Waals surface area contributed by atoms with Gasteiger partial charge in [-0.15, -0.1) is 0 Å². The fourth-order valence-electron chi connectivity index (χ4n) is 3.78. The molecule has 2 amide bonds. The van der Waals surface area contributed by atoms with E-state index in [9.17, 15) is 18.0 Å². The van der Waals surface area contributed by atoms with Crippen LogP contribution >= 0.6 is 0 Å². The van der Waals surface area contributed by atoms with E-state index < -0.39 is 22.5 Å². The first kappa shape index (κ1) is 24.4. The highest BCUT2D eigenvalue weighted by Gasteiger charge is 2.28. The number of anilines is 2. The molecule has 0 aliphatic carbocycles. The number of hydrogen-bond acceptors (Lipinski definition) is 5. The number of aryl methyl sites for hydroxylation is 1. The summed E-state index contributed by atoms with van der Waals surface area (Å²) in [7, 11) is -4.02. The van der Waals surface area contributed by atoms with Gasteiger partial charge < -0.3 is 15.0 Å². The minimum Gasteiger partial charge on any atom is -0.378 e. The predicted octanol–water partition coefficient (Wildman–Crippen LogP) is 3.30. The Hall–Kier alpha value is -3.69. The number of nitrogens with one attached hydrogen (secondary N) is 1. The molecule has 1 N–H and O–H groups in total. The van der Waals surface area contributed by atoms with Gasteiger partial charge in [0.1, 0.15) is 6.54 Å². The Morgan fingerprint density at radius 3 is 2.23 bits per heavy atom. The number of ether oxygens (including phenoxy) is 1. The van der Waals surface area contributed by atoms with Gasteiger partial charge in [0.05, 0.1) is 35.0 Å². The van der Waals surface area contributed by atoms with E-state index in [1.807, 2.05) is 6.92 Å². The standard InChI is InChI=1S/C26H27N3O5S/c1-20-11-13-22(14-12-20)35(32,33)29(21-7-3-2-4-8-21)19-25(30)27-24-10-6-5-9-23(24)26(31)28-15-17-34-18-16-28/h2-14H,15-19H2,1H3,(H,27,30). The SMILES string of the molecule is Cc1ccc(S(=O)(=O)N(CC(=O)Nc2ccccc2C(=O)N2CCOCC2)c2ccccc2)cc1. The van der Waals surface area contributed by atoms with Crippen molar-refractivity contribution < 1.29 is 22.7 Å². The van der Waals surface area contributed by atoms with E-state index in [0.29, 0.717) is 43.2 Å². The summed E-state index contributed by atoms with van der Waals surface area (Å²) in [4.78, 5) is 27.9. The first-order valence-electron chi connectivity index (χ1n) is 11.3. The lowest BCUT2D eigenvalue weighted by Crippen LogP contribution is -2.41. The Morgan fingerprint density at radius 2 is 1.54 bits per heavy atom. The summed E-state index contributed by atoms with van der Waals surface area (Å²) in [6, 6.07) is 21.6. The van der Waals surface area contributed by atoms with Gasteiger partial charge >= 0.3 is 0 Å². The number of nitrogens with zero attached hydrogens (tertiary/aromatic N) is 2. The van der Waals surface area contributed by atoms with Gasteiger partial charge in [0.2, 0.25) is 5.91 Å². The number of para-hydroxylation sites is 2. The third-order valence-electron chi connectivity index (χ3n) is 5.67. The van der Waals surface area contributed by atoms with Crippen LogP contribution in [0, 0.1) is 6.92 Å². The van der Waals surface area contributed by atoms with Crippen molar-refractivity contribution in [3.8, 4) is 0 Å². The van der Waals surface area contributed by atoms with Crippen molar-refractivity contribution in [1.82, 2.24) is 4.90 Å². The van der Waals surface area contributed by atoms with Gasteiger partial charge in [-0.2, -0.15) is 0 Å². The van der Waals surface area contributed by atoms with Gasteiger partial charge in [-0.25, -0.2) is 8.42 Å². The molecular formula is C26H27N3O5S. The monoisotopic (exact) mass is 493 g/mol. The van der Waals surface area contributed by atoms with Crippen LogP contribution in [0.15, 0.2) is 83.8 Å². The van der Waals surface area contributed by atoms with Crippen molar-refractivity contribution in [3.63, 3.8) is 0 Å². The second-order valence-corrected chi connectivity index (χ2v) is 10.0. The molecule has 8 nitrogen and oxygen atoms in total. The number of carbonyl (C=O) groups excluding carboxylic acids is 2. The predicted molar refractivity (Wildman–Crippen MR) is 134 cm³/mol. The van der Waals surface area contributed by atoms with E-state index in [4.69, 9.17) is 4.74 Å². The molecule has 0 bridgehead atoms. The number of benzene rings is 3. The molecule has 1 aliphatic rings. The van der Waals surface area contributed by atoms with Crippen LogP contribution in [0.1, 0.15) is 15.9 Å². The van der Waals surface area contributed by atoms with Gasteiger partial charge in [0.25, 0.3) is 15.9 Å². The maximum Gasteiger partial charge on any atom is 0.264 e. The highest BCUT2D eigenvalue weighted by atomic mass is 32.2. The van der Waals surface area contributed by atoms with E-state index in [-0.39, 0.29) is 10.8 Å². The quantitative estimate of drug-likeness (QED) is 0.545. The Bertz CT molecular complexity index is 1290. The molecule has 0 saturated carbocycles. The average molecular weight is 494 g/mol. The number of sulfonamides is 1. The number of amides is 2. The van der Waals surface area contributed by atoms with Crippen LogP contribution in [0.25, 0.3) is 0 Å². The van der Waals surface area contributed by atoms with E-state index in [1.165, 1.54) is 12.1 Å². The van der Waals surface area contributed by atoms with E-state index in [0.717, 1.165) is 9.87 Å². The molecule has 0 unspecified atom stereocenters. The Morgan fingerprint density at radius 1 is 0.914 bits per heavy atom. The van der Waals surface area contributed by atoms with Crippen molar-refractivity contribution in [1.29, 1.82) is 0 Å². The van der Waals surface area contributed by atoms with Crippen LogP contribution in [-0.2, 0) is 19.6 Å². The Labute approximate surface area is 205 Å². The molecule has 35 heavy (non-hydrogen) atoms. The second kappa shape index (κ2) is 10.7. The highest BCUT2D eigenvalue weighted by Crippen LogP contribution is 2.24. The topological polar surface area (TPSA) is 96.0 Å². The fourth-order valence-corrected chi connectivity index (χ4v) is 5.20. The summed E-state index contributed by atoms with van der Waals surface area (Å²) in [6.07, 6.45) is 0. The van der Waals surface area contributed by atoms with E-state index >= 15 is 0 Å². The third-order valence-corrected chi connectivity index (χ3v) is 7.46. The van der Waals surface area contributed by atoms with Crippen molar-refractivity contribution in [2.24, 2.45) is 0 Å². The van der Waals surface area contributed by atoms with E-state index in [1.54, 1.807) is 71.6 Å². The van der Waals surface area contributed by atoms with Gasteiger partial charge in [0.15, 0.2) is 0 Å². The van der Waals surface area contributed by atoms with Crippen LogP contribution in [0.2, 0.25) is 0 Å². The molecule has 0 spiro atoms. The lowest BCUT2D eigenvalue weighted by Gasteiger charge is -2.28. The molecule has 1 saturated heterocycles. The zero-order valence-electron chi connectivity index (χ0n) is 19.4. The normalized spacial score (nSPS) is 13.8. The number of carbonyl (C=O) groups is 2. The van der Waals surface area contributed by atoms with Gasteiger partial charge in [-0.1, -0.05) is 48.0 Å². The first-order chi connectivity index (χ1) is 16.9. The van der Waals surface area contributed by atoms with Gasteiger partial charge in [-0.3, -0.25) is 13.9 Å². The molecule has 0 atom stereocenters. The number of rotatable bonds is 7. The molecule has 1 aliphatic heterocycles. The molecule has 0 radical (unpaired) electrons.